The third-order valence-electron chi connectivity index (χ3n) is 5.47. The Hall–Kier alpha value is -1.96. The fraction of sp³-hybridized carbons (Fsp3) is 0.429. The summed E-state index contributed by atoms with van der Waals surface area (Å²) in [5.41, 5.74) is 2.56. The van der Waals surface area contributed by atoms with Crippen LogP contribution in [-0.4, -0.2) is 42.1 Å². The molecule has 0 amide bonds. The van der Waals surface area contributed by atoms with Crippen molar-refractivity contribution >= 4 is 15.7 Å². The predicted octanol–water partition coefficient (Wildman–Crippen LogP) is 1.90. The number of hydrogen-bond donors (Lipinski definition) is 2. The minimum Gasteiger partial charge on any atom is -0.378 e. The highest BCUT2D eigenvalue weighted by Crippen LogP contribution is 2.19. The monoisotopic (exact) mass is 406 g/mol. The lowest BCUT2D eigenvalue weighted by Gasteiger charge is -2.26. The highest BCUT2D eigenvalue weighted by Gasteiger charge is 2.29. The molecule has 1 aliphatic rings. The maximum Gasteiger partial charge on any atom is 0.240 e. The van der Waals surface area contributed by atoms with Gasteiger partial charge in [0.05, 0.1) is 24.5 Å². The smallest absolute Gasteiger partial charge is 0.240 e. The number of nitrogens with one attached hydrogen (secondary N) is 2. The summed E-state index contributed by atoms with van der Waals surface area (Å²) in [4.78, 5) is 3.54. The van der Waals surface area contributed by atoms with E-state index < -0.39 is 15.8 Å². The molecule has 0 aliphatic carbocycles. The zero-order valence-corrected chi connectivity index (χ0v) is 17.5. The van der Waals surface area contributed by atoms with Gasteiger partial charge in [-0.15, -0.1) is 0 Å². The first kappa shape index (κ1) is 20.8. The van der Waals surface area contributed by atoms with Crippen LogP contribution >= 0.6 is 0 Å². The third-order valence-corrected chi connectivity index (χ3v) is 6.89. The van der Waals surface area contributed by atoms with Crippen molar-refractivity contribution in [2.75, 3.05) is 38.6 Å². The van der Waals surface area contributed by atoms with Gasteiger partial charge in [-0.1, -0.05) is 12.1 Å². The topological polar surface area (TPSA) is 53.9 Å². The number of aryl methyl sites for hydroxylation is 1. The number of hydrogen-bond acceptors (Lipinski definition) is 3. The molecule has 5 nitrogen and oxygen atoms in total. The van der Waals surface area contributed by atoms with Crippen molar-refractivity contribution in [3.05, 3.63) is 59.4 Å². The first-order valence-electron chi connectivity index (χ1n) is 9.65. The molecule has 152 valence electrons. The van der Waals surface area contributed by atoms with Gasteiger partial charge < -0.3 is 9.80 Å². The maximum absolute atomic E-state index is 13.5. The van der Waals surface area contributed by atoms with Crippen LogP contribution < -0.4 is 14.5 Å². The van der Waals surface area contributed by atoms with E-state index in [1.54, 1.807) is 6.92 Å². The van der Waals surface area contributed by atoms with Crippen LogP contribution in [0.15, 0.2) is 47.4 Å². The van der Waals surface area contributed by atoms with E-state index in [-0.39, 0.29) is 10.9 Å². The molecule has 1 aliphatic heterocycles. The summed E-state index contributed by atoms with van der Waals surface area (Å²) in [5.74, 6) is -0.403. The van der Waals surface area contributed by atoms with Crippen molar-refractivity contribution in [3.8, 4) is 0 Å². The molecule has 0 radical (unpaired) electrons. The molecule has 7 heteroatoms. The molecule has 0 spiro atoms. The quantitative estimate of drug-likeness (QED) is 0.739. The molecule has 1 fully saturated rings. The van der Waals surface area contributed by atoms with Crippen molar-refractivity contribution < 1.29 is 17.7 Å². The minimum absolute atomic E-state index is 0.0510. The number of quaternary nitrogens is 1. The van der Waals surface area contributed by atoms with E-state index in [1.165, 1.54) is 23.1 Å². The lowest BCUT2D eigenvalue weighted by Crippen LogP contribution is -3.11. The molecule has 2 N–H and O–H groups in total. The first-order chi connectivity index (χ1) is 13.3. The van der Waals surface area contributed by atoms with Crippen LogP contribution in [-0.2, 0) is 10.0 Å². The molecular formula is C21H29FN3O2S+. The van der Waals surface area contributed by atoms with Gasteiger partial charge in [0.25, 0.3) is 0 Å². The lowest BCUT2D eigenvalue weighted by atomic mass is 10.1. The van der Waals surface area contributed by atoms with Crippen molar-refractivity contribution in [2.45, 2.75) is 30.7 Å². The van der Waals surface area contributed by atoms with E-state index in [9.17, 15) is 12.8 Å². The molecule has 0 unspecified atom stereocenters. The second-order valence-corrected chi connectivity index (χ2v) is 9.43. The normalized spacial score (nSPS) is 16.3. The lowest BCUT2D eigenvalue weighted by molar-refractivity contribution is -0.918. The van der Waals surface area contributed by atoms with E-state index in [4.69, 9.17) is 0 Å². The fourth-order valence-electron chi connectivity index (χ4n) is 3.74. The van der Waals surface area contributed by atoms with Gasteiger partial charge >= 0.3 is 0 Å². The van der Waals surface area contributed by atoms with Crippen molar-refractivity contribution in [1.29, 1.82) is 0 Å². The standard InChI is InChI=1S/C21H28FN3O2S/c1-16-14-19(10-11-20(16)22)28(26,27)23-15-21(25-12-4-5-13-25)17-6-8-18(9-7-17)24(2)3/h6-11,14,21,23H,4-5,12-13,15H2,1-3H3/p+1/t21-/m1/s1. The number of benzene rings is 2. The number of anilines is 1. The van der Waals surface area contributed by atoms with Gasteiger partial charge in [-0.25, -0.2) is 17.5 Å². The van der Waals surface area contributed by atoms with Crippen LogP contribution in [0.4, 0.5) is 10.1 Å². The number of sulfonamides is 1. The minimum atomic E-state index is -3.69. The Labute approximate surface area is 167 Å². The van der Waals surface area contributed by atoms with E-state index in [0.717, 1.165) is 37.2 Å². The SMILES string of the molecule is Cc1cc(S(=O)(=O)NC[C@H](c2ccc(N(C)C)cc2)[NH+]2CCCC2)ccc1F. The summed E-state index contributed by atoms with van der Waals surface area (Å²) in [6, 6.07) is 12.2. The number of halogens is 1. The average Bonchev–Trinajstić information content (AvgIpc) is 3.19. The molecule has 0 bridgehead atoms. The second kappa shape index (κ2) is 8.59. The van der Waals surface area contributed by atoms with Crippen LogP contribution in [0.25, 0.3) is 0 Å². The summed E-state index contributed by atoms with van der Waals surface area (Å²) < 4.78 is 41.7. The number of likely N-dealkylation sites (tertiary alicyclic amines) is 1. The summed E-state index contributed by atoms with van der Waals surface area (Å²) in [5, 5.41) is 0. The van der Waals surface area contributed by atoms with Gasteiger partial charge in [0, 0.05) is 38.2 Å². The summed E-state index contributed by atoms with van der Waals surface area (Å²) in [6.45, 7) is 3.96. The molecule has 1 saturated heterocycles. The van der Waals surface area contributed by atoms with E-state index in [2.05, 4.69) is 29.0 Å². The van der Waals surface area contributed by atoms with Gasteiger partial charge in [-0.2, -0.15) is 0 Å². The van der Waals surface area contributed by atoms with Crippen molar-refractivity contribution in [2.24, 2.45) is 0 Å². The van der Waals surface area contributed by atoms with Crippen LogP contribution in [0.1, 0.15) is 30.0 Å². The average molecular weight is 407 g/mol. The number of rotatable bonds is 7. The molecule has 1 heterocycles. The van der Waals surface area contributed by atoms with Crippen molar-refractivity contribution in [1.82, 2.24) is 4.72 Å². The molecule has 2 aromatic rings. The highest BCUT2D eigenvalue weighted by molar-refractivity contribution is 7.89. The second-order valence-electron chi connectivity index (χ2n) is 7.67. The Balaban J connectivity index is 1.80. The third kappa shape index (κ3) is 4.71. The molecule has 1 atom stereocenters. The van der Waals surface area contributed by atoms with Crippen molar-refractivity contribution in [3.63, 3.8) is 0 Å². The Kier molecular flexibility index (Phi) is 6.37. The first-order valence-corrected chi connectivity index (χ1v) is 11.1. The predicted molar refractivity (Wildman–Crippen MR) is 110 cm³/mol. The van der Waals surface area contributed by atoms with Gasteiger partial charge in [0.2, 0.25) is 10.0 Å². The molecule has 28 heavy (non-hydrogen) atoms. The molecular weight excluding hydrogens is 377 g/mol. The van der Waals surface area contributed by atoms with Crippen LogP contribution in [0, 0.1) is 12.7 Å². The summed E-state index contributed by atoms with van der Waals surface area (Å²) >= 11 is 0. The Morgan fingerprint density at radius 3 is 2.32 bits per heavy atom. The van der Waals surface area contributed by atoms with Crippen LogP contribution in [0.3, 0.4) is 0 Å². The van der Waals surface area contributed by atoms with E-state index >= 15 is 0 Å². The summed E-state index contributed by atoms with van der Waals surface area (Å²) in [6.07, 6.45) is 2.32. The zero-order valence-electron chi connectivity index (χ0n) is 16.7. The highest BCUT2D eigenvalue weighted by atomic mass is 32.2. The fourth-order valence-corrected chi connectivity index (χ4v) is 4.87. The summed E-state index contributed by atoms with van der Waals surface area (Å²) in [7, 11) is 0.302. The Morgan fingerprint density at radius 2 is 1.75 bits per heavy atom. The maximum atomic E-state index is 13.5. The van der Waals surface area contributed by atoms with E-state index in [0.29, 0.717) is 12.1 Å². The Bertz CT molecular complexity index is 908. The van der Waals surface area contributed by atoms with Gasteiger partial charge in [-0.3, -0.25) is 0 Å². The van der Waals surface area contributed by atoms with E-state index in [1.807, 2.05) is 19.0 Å². The zero-order chi connectivity index (χ0) is 20.3. The number of nitrogens with zero attached hydrogens (tertiary/aromatic N) is 1. The molecule has 0 aromatic heterocycles. The van der Waals surface area contributed by atoms with Crippen LogP contribution in [0.2, 0.25) is 0 Å². The largest absolute Gasteiger partial charge is 0.378 e. The van der Waals surface area contributed by atoms with Crippen LogP contribution in [0.5, 0.6) is 0 Å². The molecule has 0 saturated carbocycles. The Morgan fingerprint density at radius 1 is 1.11 bits per heavy atom. The van der Waals surface area contributed by atoms with Gasteiger partial charge in [-0.05, 0) is 42.8 Å². The molecule has 2 aromatic carbocycles. The van der Waals surface area contributed by atoms with Gasteiger partial charge in [0.1, 0.15) is 11.9 Å². The molecule has 3 rings (SSSR count). The van der Waals surface area contributed by atoms with Gasteiger partial charge in [0.15, 0.2) is 0 Å².